The number of rotatable bonds is 9. The Morgan fingerprint density at radius 3 is 1.57 bits per heavy atom. The van der Waals surface area contributed by atoms with Crippen LogP contribution in [0.5, 0.6) is 0 Å². The minimum absolute atomic E-state index is 0.940. The van der Waals surface area contributed by atoms with E-state index in [1.165, 1.54) is 94.0 Å². The summed E-state index contributed by atoms with van der Waals surface area (Å²) >= 11 is 0. The second-order valence-electron chi connectivity index (χ2n) is 21.6. The van der Waals surface area contributed by atoms with E-state index in [2.05, 4.69) is 313 Å². The Bertz CT molecular complexity index is 4580. The van der Waals surface area contributed by atoms with Crippen LogP contribution in [0.15, 0.2) is 291 Å². The highest BCUT2D eigenvalue weighted by atomic mass is 15.2. The first-order chi connectivity index (χ1) is 40.1. The Balaban J connectivity index is 1.15. The molecule has 0 fully saturated rings. The van der Waals surface area contributed by atoms with Crippen molar-refractivity contribution < 1.29 is 0 Å². The number of aromatic nitrogens is 1. The molecule has 12 aromatic carbocycles. The minimum atomic E-state index is 0.940. The highest BCUT2D eigenvalue weighted by molar-refractivity contribution is 6.27. The summed E-state index contributed by atoms with van der Waals surface area (Å²) in [6.07, 6.45) is 8.72. The van der Waals surface area contributed by atoms with Crippen LogP contribution in [0.3, 0.4) is 0 Å². The summed E-state index contributed by atoms with van der Waals surface area (Å²) in [5, 5.41) is 4.84. The molecule has 0 aliphatic heterocycles. The Morgan fingerprint density at radius 2 is 0.914 bits per heavy atom. The summed E-state index contributed by atoms with van der Waals surface area (Å²) in [6.45, 7) is 4.44. The summed E-state index contributed by atoms with van der Waals surface area (Å²) < 4.78 is 2.55. The molecular formula is C78H57N3. The van der Waals surface area contributed by atoms with E-state index in [9.17, 15) is 0 Å². The van der Waals surface area contributed by atoms with Gasteiger partial charge in [0.1, 0.15) is 0 Å². The molecule has 2 aliphatic carbocycles. The van der Waals surface area contributed by atoms with Crippen LogP contribution in [0.2, 0.25) is 0 Å². The van der Waals surface area contributed by atoms with Gasteiger partial charge in [-0.1, -0.05) is 212 Å². The van der Waals surface area contributed by atoms with Gasteiger partial charge in [-0.05, 0) is 172 Å². The fourth-order valence-electron chi connectivity index (χ4n) is 13.2. The minimum Gasteiger partial charge on any atom is -0.314 e. The first-order valence-electron chi connectivity index (χ1n) is 28.3. The highest BCUT2D eigenvalue weighted by Crippen LogP contribution is 2.58. The predicted molar refractivity (Wildman–Crippen MR) is 344 cm³/mol. The molecule has 0 radical (unpaired) electrons. The molecule has 0 saturated carbocycles. The molecule has 3 heteroatoms. The van der Waals surface area contributed by atoms with Gasteiger partial charge in [-0.2, -0.15) is 0 Å². The number of fused-ring (bicyclic) bond motifs is 14. The molecule has 0 bridgehead atoms. The van der Waals surface area contributed by atoms with Crippen LogP contribution < -0.4 is 9.80 Å². The van der Waals surface area contributed by atoms with Crippen LogP contribution in [0.1, 0.15) is 24.0 Å². The second-order valence-corrected chi connectivity index (χ2v) is 21.6. The molecule has 384 valence electrons. The fraction of sp³-hybridized carbons (Fsp3) is 0.0513. The third-order valence-electron chi connectivity index (χ3n) is 16.8. The third-order valence-corrected chi connectivity index (χ3v) is 16.8. The van der Waals surface area contributed by atoms with E-state index in [1.807, 2.05) is 0 Å². The van der Waals surface area contributed by atoms with Crippen LogP contribution in [0.4, 0.5) is 28.4 Å². The Morgan fingerprint density at radius 1 is 0.370 bits per heavy atom. The number of aryl methyl sites for hydroxylation is 2. The molecule has 0 N–H and O–H groups in total. The molecule has 0 amide bonds. The van der Waals surface area contributed by atoms with Crippen LogP contribution in [-0.4, -0.2) is 4.57 Å². The van der Waals surface area contributed by atoms with Gasteiger partial charge in [-0.25, -0.2) is 0 Å². The van der Waals surface area contributed by atoms with Crippen LogP contribution in [0, 0.1) is 13.8 Å². The van der Waals surface area contributed by atoms with Gasteiger partial charge in [-0.15, -0.1) is 0 Å². The van der Waals surface area contributed by atoms with E-state index < -0.39 is 0 Å². The molecule has 13 aromatic rings. The average Bonchev–Trinajstić information content (AvgIpc) is 4.11. The van der Waals surface area contributed by atoms with Gasteiger partial charge in [0.25, 0.3) is 0 Å². The van der Waals surface area contributed by atoms with Crippen molar-refractivity contribution in [3.05, 3.63) is 302 Å². The summed E-state index contributed by atoms with van der Waals surface area (Å²) in [4.78, 5) is 5.04. The van der Waals surface area contributed by atoms with Gasteiger partial charge < -0.3 is 14.4 Å². The number of para-hydroxylation sites is 2. The maximum atomic E-state index is 2.57. The van der Waals surface area contributed by atoms with E-state index in [0.717, 1.165) is 69.2 Å². The van der Waals surface area contributed by atoms with Crippen molar-refractivity contribution in [2.75, 3.05) is 9.80 Å². The topological polar surface area (TPSA) is 11.4 Å². The average molecular weight is 1040 g/mol. The van der Waals surface area contributed by atoms with E-state index in [0.29, 0.717) is 0 Å². The van der Waals surface area contributed by atoms with Crippen molar-refractivity contribution >= 4 is 61.0 Å². The van der Waals surface area contributed by atoms with Gasteiger partial charge in [-0.3, -0.25) is 0 Å². The van der Waals surface area contributed by atoms with Gasteiger partial charge in [0.05, 0.1) is 16.7 Å². The van der Waals surface area contributed by atoms with Gasteiger partial charge in [0.2, 0.25) is 0 Å². The number of nitrogens with zero attached hydrogens (tertiary/aromatic N) is 3. The smallest absolute Gasteiger partial charge is 0.0619 e. The van der Waals surface area contributed by atoms with E-state index in [1.54, 1.807) is 0 Å². The van der Waals surface area contributed by atoms with Gasteiger partial charge in [0.15, 0.2) is 0 Å². The molecule has 0 spiro atoms. The van der Waals surface area contributed by atoms with Crippen LogP contribution >= 0.6 is 0 Å². The zero-order valence-electron chi connectivity index (χ0n) is 45.4. The maximum Gasteiger partial charge on any atom is 0.0619 e. The maximum absolute atomic E-state index is 2.57. The molecule has 0 saturated heterocycles. The van der Waals surface area contributed by atoms with Crippen molar-refractivity contribution in [3.8, 4) is 72.4 Å². The lowest BCUT2D eigenvalue weighted by Gasteiger charge is -2.34. The first kappa shape index (κ1) is 47.9. The van der Waals surface area contributed by atoms with E-state index >= 15 is 0 Å². The normalized spacial score (nSPS) is 12.5. The zero-order valence-corrected chi connectivity index (χ0v) is 45.4. The van der Waals surface area contributed by atoms with Gasteiger partial charge in [0, 0.05) is 61.4 Å². The largest absolute Gasteiger partial charge is 0.314 e. The molecule has 2 aliphatic rings. The fourth-order valence-corrected chi connectivity index (χ4v) is 13.2. The van der Waals surface area contributed by atoms with Crippen molar-refractivity contribution in [1.29, 1.82) is 0 Å². The first-order valence-corrected chi connectivity index (χ1v) is 28.3. The quantitative estimate of drug-likeness (QED) is 0.143. The number of allylic oxidation sites excluding steroid dienone is 4. The summed E-state index contributed by atoms with van der Waals surface area (Å²) in [5.41, 5.74) is 26.9. The number of hydrogen-bond acceptors (Lipinski definition) is 2. The summed E-state index contributed by atoms with van der Waals surface area (Å²) in [5.74, 6) is 0. The molecule has 81 heavy (non-hydrogen) atoms. The van der Waals surface area contributed by atoms with Crippen LogP contribution in [-0.2, 0) is 0 Å². The van der Waals surface area contributed by atoms with Gasteiger partial charge >= 0.3 is 0 Å². The summed E-state index contributed by atoms with van der Waals surface area (Å²) in [6, 6.07) is 99.6. The SMILES string of the molecule is Cc1ccccc1-c1cccc(N(c2cccc(-c3ccccc3C)c2)c2cc3c(c4c2-c2ccc(N(C5=CC=CCC5)c5ccccc5)cc2-c2ccccc2-c2ccccc2-4)c2ccc4ccccc4c2n3-c2ccccc2)c1. The number of anilines is 5. The predicted octanol–water partition coefficient (Wildman–Crippen LogP) is 21.7. The molecular weight excluding hydrogens is 979 g/mol. The van der Waals surface area contributed by atoms with Crippen molar-refractivity contribution in [3.63, 3.8) is 0 Å². The monoisotopic (exact) mass is 1040 g/mol. The molecule has 0 unspecified atom stereocenters. The summed E-state index contributed by atoms with van der Waals surface area (Å²) in [7, 11) is 0. The zero-order chi connectivity index (χ0) is 54.0. The van der Waals surface area contributed by atoms with Crippen molar-refractivity contribution in [2.24, 2.45) is 0 Å². The second kappa shape index (κ2) is 19.9. The van der Waals surface area contributed by atoms with Crippen LogP contribution in [0.25, 0.3) is 105 Å². The van der Waals surface area contributed by atoms with Crippen molar-refractivity contribution in [2.45, 2.75) is 26.7 Å². The molecule has 15 rings (SSSR count). The highest BCUT2D eigenvalue weighted by Gasteiger charge is 2.33. The molecule has 1 aromatic heterocycles. The molecule has 0 atom stereocenters. The Kier molecular flexibility index (Phi) is 11.8. The van der Waals surface area contributed by atoms with E-state index in [4.69, 9.17) is 0 Å². The number of hydrogen-bond donors (Lipinski definition) is 0. The number of benzene rings is 12. The standard InChI is InChI=1S/C78H57N3/c1-52-24-12-15-37-63(52)55-27-22-35-60(48-55)80(61-36-23-28-56(49-61)64-38-16-13-25-53(64)2)73-51-74-76(71-46-44-54-26-14-17-39-65(54)78(71)81(74)59-33-10-5-11-34-59)77-69-43-21-20-41-67(69)66-40-18-19-42-68(66)72-50-62(45-47-70(72)75(73)77)79(57-29-6-3-7-30-57)58-31-8-4-9-32-58/h3-8,10-31,33-51H,9,32H2,1-2H3. The lowest BCUT2D eigenvalue weighted by atomic mass is 9.78. The Hall–Kier alpha value is -10.2. The lowest BCUT2D eigenvalue weighted by molar-refractivity contribution is 0.918. The third kappa shape index (κ3) is 8.11. The molecule has 3 nitrogen and oxygen atoms in total. The van der Waals surface area contributed by atoms with E-state index in [-0.39, 0.29) is 0 Å². The Labute approximate surface area is 473 Å². The van der Waals surface area contributed by atoms with Crippen molar-refractivity contribution in [1.82, 2.24) is 4.57 Å². The molecule has 1 heterocycles. The lowest BCUT2D eigenvalue weighted by Crippen LogP contribution is -2.17.